The van der Waals surface area contributed by atoms with Crippen molar-refractivity contribution in [1.82, 2.24) is 20.0 Å². The molecule has 0 spiro atoms. The van der Waals surface area contributed by atoms with Crippen molar-refractivity contribution in [3.05, 3.63) is 47.7 Å². The van der Waals surface area contributed by atoms with Gasteiger partial charge in [-0.05, 0) is 32.5 Å². The Bertz CT molecular complexity index is 581. The quantitative estimate of drug-likeness (QED) is 0.849. The highest BCUT2D eigenvalue weighted by atomic mass is 16.4. The molecule has 0 saturated carbocycles. The molecule has 0 aliphatic carbocycles. The average molecular weight is 300 g/mol. The third-order valence-electron chi connectivity index (χ3n) is 4.04. The third kappa shape index (κ3) is 3.72. The molecular formula is C17H24N4O. The highest BCUT2D eigenvalue weighted by molar-refractivity contribution is 5.17. The molecule has 2 heterocycles. The van der Waals surface area contributed by atoms with E-state index >= 15 is 0 Å². The second kappa shape index (κ2) is 7.03. The van der Waals surface area contributed by atoms with Gasteiger partial charge in [0.2, 0.25) is 11.8 Å². The smallest absolute Gasteiger partial charge is 0.233 e. The lowest BCUT2D eigenvalue weighted by atomic mass is 10.0. The summed E-state index contributed by atoms with van der Waals surface area (Å²) in [6.45, 7) is 2.03. The second-order valence-electron chi connectivity index (χ2n) is 6.24. The van der Waals surface area contributed by atoms with Crippen molar-refractivity contribution in [1.29, 1.82) is 0 Å². The highest BCUT2D eigenvalue weighted by Crippen LogP contribution is 2.30. The van der Waals surface area contributed by atoms with Crippen LogP contribution in [0.25, 0.3) is 0 Å². The molecule has 3 rings (SSSR count). The molecule has 118 valence electrons. The maximum atomic E-state index is 5.96. The molecule has 5 nitrogen and oxygen atoms in total. The minimum Gasteiger partial charge on any atom is -0.423 e. The summed E-state index contributed by atoms with van der Waals surface area (Å²) in [5, 5.41) is 8.56. The average Bonchev–Trinajstić information content (AvgIpc) is 2.96. The van der Waals surface area contributed by atoms with Crippen LogP contribution < -0.4 is 0 Å². The van der Waals surface area contributed by atoms with Crippen LogP contribution in [0.1, 0.15) is 42.6 Å². The number of aromatic nitrogens is 2. The lowest BCUT2D eigenvalue weighted by molar-refractivity contribution is 0.0754. The number of rotatable bonds is 5. The first kappa shape index (κ1) is 15.2. The van der Waals surface area contributed by atoms with Gasteiger partial charge in [0.1, 0.15) is 0 Å². The zero-order valence-corrected chi connectivity index (χ0v) is 13.4. The van der Waals surface area contributed by atoms with Gasteiger partial charge >= 0.3 is 0 Å². The fourth-order valence-electron chi connectivity index (χ4n) is 3.05. The van der Waals surface area contributed by atoms with Crippen LogP contribution >= 0.6 is 0 Å². The molecule has 5 heteroatoms. The normalized spacial score (nSPS) is 19.7. The van der Waals surface area contributed by atoms with E-state index in [0.717, 1.165) is 25.5 Å². The first-order chi connectivity index (χ1) is 10.7. The number of piperidine rings is 1. The van der Waals surface area contributed by atoms with Gasteiger partial charge in [0.15, 0.2) is 0 Å². The summed E-state index contributed by atoms with van der Waals surface area (Å²) in [6.07, 6.45) is 4.27. The minimum atomic E-state index is 0.258. The van der Waals surface area contributed by atoms with Gasteiger partial charge in [-0.2, -0.15) is 0 Å². The lowest BCUT2D eigenvalue weighted by Gasteiger charge is -2.35. The molecule has 1 aliphatic heterocycles. The summed E-state index contributed by atoms with van der Waals surface area (Å²) in [7, 11) is 4.20. The zero-order chi connectivity index (χ0) is 15.4. The summed E-state index contributed by atoms with van der Waals surface area (Å²) in [4.78, 5) is 4.63. The molecule has 1 aromatic heterocycles. The van der Waals surface area contributed by atoms with E-state index in [0.29, 0.717) is 12.3 Å². The van der Waals surface area contributed by atoms with Crippen molar-refractivity contribution < 1.29 is 4.42 Å². The second-order valence-corrected chi connectivity index (χ2v) is 6.24. The van der Waals surface area contributed by atoms with E-state index < -0.39 is 0 Å². The molecule has 0 radical (unpaired) electrons. The summed E-state index contributed by atoms with van der Waals surface area (Å²) < 4.78 is 5.96. The van der Waals surface area contributed by atoms with Gasteiger partial charge in [-0.15, -0.1) is 10.2 Å². The standard InChI is InChI=1S/C17H24N4O/c1-20(2)13-21-11-7-6-10-15(21)17-19-18-16(22-17)12-14-8-4-3-5-9-14/h3-5,8-9,15H,6-7,10-13H2,1-2H3/t15-/m0/s1. The summed E-state index contributed by atoms with van der Waals surface area (Å²) >= 11 is 0. The predicted molar refractivity (Wildman–Crippen MR) is 85.4 cm³/mol. The van der Waals surface area contributed by atoms with E-state index in [2.05, 4.69) is 46.2 Å². The SMILES string of the molecule is CN(C)CN1CCCC[C@H]1c1nnc(Cc2ccccc2)o1. The number of hydrogen-bond donors (Lipinski definition) is 0. The molecule has 0 bridgehead atoms. The topological polar surface area (TPSA) is 45.4 Å². The Morgan fingerprint density at radius 3 is 2.77 bits per heavy atom. The van der Waals surface area contributed by atoms with E-state index in [-0.39, 0.29) is 6.04 Å². The van der Waals surface area contributed by atoms with E-state index in [1.54, 1.807) is 0 Å². The highest BCUT2D eigenvalue weighted by Gasteiger charge is 2.28. The van der Waals surface area contributed by atoms with Crippen LogP contribution in [-0.2, 0) is 6.42 Å². The Kier molecular flexibility index (Phi) is 4.85. The van der Waals surface area contributed by atoms with Crippen LogP contribution in [0.3, 0.4) is 0 Å². The molecule has 0 unspecified atom stereocenters. The van der Waals surface area contributed by atoms with E-state index in [1.165, 1.54) is 18.4 Å². The fourth-order valence-corrected chi connectivity index (χ4v) is 3.05. The minimum absolute atomic E-state index is 0.258. The molecule has 0 N–H and O–H groups in total. The van der Waals surface area contributed by atoms with E-state index in [9.17, 15) is 0 Å². The van der Waals surface area contributed by atoms with Crippen molar-refractivity contribution in [3.8, 4) is 0 Å². The zero-order valence-electron chi connectivity index (χ0n) is 13.4. The predicted octanol–water partition coefficient (Wildman–Crippen LogP) is 2.71. The van der Waals surface area contributed by atoms with Crippen LogP contribution in [-0.4, -0.2) is 47.3 Å². The largest absolute Gasteiger partial charge is 0.423 e. The van der Waals surface area contributed by atoms with Gasteiger partial charge in [-0.25, -0.2) is 0 Å². The molecule has 1 fully saturated rings. The Morgan fingerprint density at radius 1 is 1.18 bits per heavy atom. The van der Waals surface area contributed by atoms with Crippen LogP contribution in [0.4, 0.5) is 0 Å². The van der Waals surface area contributed by atoms with Crippen molar-refractivity contribution in [2.45, 2.75) is 31.7 Å². The molecule has 2 aromatic rings. The summed E-state index contributed by atoms with van der Waals surface area (Å²) in [5.41, 5.74) is 1.20. The van der Waals surface area contributed by atoms with Crippen molar-refractivity contribution in [3.63, 3.8) is 0 Å². The molecule has 1 atom stereocenters. The van der Waals surface area contributed by atoms with Crippen molar-refractivity contribution >= 4 is 0 Å². The van der Waals surface area contributed by atoms with E-state index in [1.807, 2.05) is 18.2 Å². The van der Waals surface area contributed by atoms with Crippen LogP contribution in [0, 0.1) is 0 Å². The summed E-state index contributed by atoms with van der Waals surface area (Å²) in [6, 6.07) is 10.5. The number of likely N-dealkylation sites (tertiary alicyclic amines) is 1. The first-order valence-corrected chi connectivity index (χ1v) is 7.97. The molecular weight excluding hydrogens is 276 g/mol. The van der Waals surface area contributed by atoms with Gasteiger partial charge in [-0.1, -0.05) is 36.8 Å². The molecule has 1 saturated heterocycles. The van der Waals surface area contributed by atoms with Gasteiger partial charge < -0.3 is 4.42 Å². The molecule has 22 heavy (non-hydrogen) atoms. The van der Waals surface area contributed by atoms with Crippen LogP contribution in [0.2, 0.25) is 0 Å². The van der Waals surface area contributed by atoms with Gasteiger partial charge in [0.05, 0.1) is 19.1 Å². The van der Waals surface area contributed by atoms with E-state index in [4.69, 9.17) is 4.42 Å². The molecule has 0 amide bonds. The Balaban J connectivity index is 1.71. The monoisotopic (exact) mass is 300 g/mol. The maximum absolute atomic E-state index is 5.96. The number of benzene rings is 1. The fraction of sp³-hybridized carbons (Fsp3) is 0.529. The van der Waals surface area contributed by atoms with Gasteiger partial charge in [0, 0.05) is 6.54 Å². The Labute approximate surface area is 131 Å². The Hall–Kier alpha value is -1.72. The molecule has 1 aliphatic rings. The maximum Gasteiger partial charge on any atom is 0.233 e. The van der Waals surface area contributed by atoms with Crippen LogP contribution in [0.5, 0.6) is 0 Å². The summed E-state index contributed by atoms with van der Waals surface area (Å²) in [5.74, 6) is 1.48. The number of hydrogen-bond acceptors (Lipinski definition) is 5. The van der Waals surface area contributed by atoms with Crippen molar-refractivity contribution in [2.24, 2.45) is 0 Å². The lowest BCUT2D eigenvalue weighted by Crippen LogP contribution is -2.39. The molecule has 1 aromatic carbocycles. The van der Waals surface area contributed by atoms with Gasteiger partial charge in [-0.3, -0.25) is 9.80 Å². The van der Waals surface area contributed by atoms with Crippen LogP contribution in [0.15, 0.2) is 34.7 Å². The Morgan fingerprint density at radius 2 is 2.00 bits per heavy atom. The number of nitrogens with zero attached hydrogens (tertiary/aromatic N) is 4. The van der Waals surface area contributed by atoms with Crippen molar-refractivity contribution in [2.75, 3.05) is 27.3 Å². The van der Waals surface area contributed by atoms with Gasteiger partial charge in [0.25, 0.3) is 0 Å². The third-order valence-corrected chi connectivity index (χ3v) is 4.04. The first-order valence-electron chi connectivity index (χ1n) is 7.97.